The molecule has 7 heteroatoms. The predicted octanol–water partition coefficient (Wildman–Crippen LogP) is 4.07. The highest BCUT2D eigenvalue weighted by molar-refractivity contribution is 6.09. The van der Waals surface area contributed by atoms with Crippen LogP contribution in [0.15, 0.2) is 42.5 Å². The minimum Gasteiger partial charge on any atom is -0.497 e. The highest BCUT2D eigenvalue weighted by Crippen LogP contribution is 2.65. The fourth-order valence-corrected chi connectivity index (χ4v) is 8.24. The molecule has 5 aliphatic rings. The molecule has 7 nitrogen and oxygen atoms in total. The Labute approximate surface area is 226 Å². The van der Waals surface area contributed by atoms with E-state index in [9.17, 15) is 4.79 Å². The minimum absolute atomic E-state index is 0.189. The van der Waals surface area contributed by atoms with Gasteiger partial charge in [0.2, 0.25) is 5.91 Å². The molecule has 1 amide bonds. The van der Waals surface area contributed by atoms with Crippen molar-refractivity contribution in [2.45, 2.75) is 62.1 Å². The van der Waals surface area contributed by atoms with E-state index in [0.717, 1.165) is 42.9 Å². The Morgan fingerprint density at radius 2 is 1.79 bits per heavy atom. The van der Waals surface area contributed by atoms with Gasteiger partial charge in [-0.05, 0) is 112 Å². The average Bonchev–Trinajstić information content (AvgIpc) is 3.47. The molecule has 2 aromatic carbocycles. The summed E-state index contributed by atoms with van der Waals surface area (Å²) in [4.78, 5) is 18.0. The van der Waals surface area contributed by atoms with Gasteiger partial charge in [-0.2, -0.15) is 0 Å². The van der Waals surface area contributed by atoms with E-state index in [-0.39, 0.29) is 11.3 Å². The molecule has 3 N–H and O–H groups in total. The molecule has 2 saturated heterocycles. The summed E-state index contributed by atoms with van der Waals surface area (Å²) in [6.45, 7) is 2.27. The third-order valence-corrected chi connectivity index (χ3v) is 10.6. The summed E-state index contributed by atoms with van der Waals surface area (Å²) in [5, 5.41) is 3.15. The number of carbonyl (C=O) groups excluding carboxylic acids is 1. The summed E-state index contributed by atoms with van der Waals surface area (Å²) in [7, 11) is 6.09. The average molecular weight is 516 g/mol. The summed E-state index contributed by atoms with van der Waals surface area (Å²) in [6, 6.07) is 16.9. The van der Waals surface area contributed by atoms with Crippen molar-refractivity contribution in [1.82, 2.24) is 15.8 Å². The quantitative estimate of drug-likeness (QED) is 0.558. The number of ether oxygens (including phenoxy) is 1. The molecule has 6 atom stereocenters. The number of piperidine rings is 1. The largest absolute Gasteiger partial charge is 0.497 e. The van der Waals surface area contributed by atoms with Gasteiger partial charge in [0, 0.05) is 36.5 Å². The molecule has 2 aliphatic carbocycles. The van der Waals surface area contributed by atoms with Crippen molar-refractivity contribution in [3.05, 3.63) is 53.6 Å². The highest BCUT2D eigenvalue weighted by atomic mass is 16.5. The molecule has 0 bridgehead atoms. The molecule has 202 valence electrons. The first-order valence-corrected chi connectivity index (χ1v) is 14.5. The Balaban J connectivity index is 1.000. The van der Waals surface area contributed by atoms with Gasteiger partial charge in [-0.25, -0.2) is 5.43 Å². The lowest BCUT2D eigenvalue weighted by atomic mass is 9.72. The van der Waals surface area contributed by atoms with Gasteiger partial charge in [0.25, 0.3) is 0 Å². The van der Waals surface area contributed by atoms with Gasteiger partial charge in [0.05, 0.1) is 18.6 Å². The third-order valence-electron chi connectivity index (χ3n) is 10.6. The minimum atomic E-state index is -0.344. The zero-order chi connectivity index (χ0) is 26.0. The van der Waals surface area contributed by atoms with Gasteiger partial charge in [0.1, 0.15) is 5.75 Å². The van der Waals surface area contributed by atoms with Crippen molar-refractivity contribution < 1.29 is 9.53 Å². The number of hydrazine groups is 1. The van der Waals surface area contributed by atoms with Crippen molar-refractivity contribution >= 4 is 17.3 Å². The number of benzene rings is 2. The van der Waals surface area contributed by atoms with Crippen molar-refractivity contribution in [2.24, 2.45) is 17.8 Å². The number of fused-ring (bicyclic) bond motifs is 3. The topological polar surface area (TPSA) is 68.9 Å². The van der Waals surface area contributed by atoms with E-state index < -0.39 is 0 Å². The Hall–Kier alpha value is -2.61. The van der Waals surface area contributed by atoms with Crippen LogP contribution in [0.2, 0.25) is 0 Å². The molecule has 4 fully saturated rings. The zero-order valence-electron chi connectivity index (χ0n) is 22.9. The summed E-state index contributed by atoms with van der Waals surface area (Å²) >= 11 is 0. The summed E-state index contributed by atoms with van der Waals surface area (Å²) < 4.78 is 5.48. The molecule has 3 heterocycles. The number of anilines is 2. The number of carbonyl (C=O) groups is 1. The maximum absolute atomic E-state index is 13.1. The van der Waals surface area contributed by atoms with Crippen molar-refractivity contribution in [3.8, 4) is 5.75 Å². The molecule has 7 rings (SSSR count). The molecule has 1 spiro atoms. The number of amides is 1. The number of hydrogen-bond donors (Lipinski definition) is 3. The van der Waals surface area contributed by atoms with Crippen LogP contribution in [-0.4, -0.2) is 57.2 Å². The molecule has 38 heavy (non-hydrogen) atoms. The molecular formula is C31H41N5O2. The van der Waals surface area contributed by atoms with Gasteiger partial charge in [-0.15, -0.1) is 0 Å². The standard InChI is InChI=1S/C31H41N5O2/c1-35(2)21-12-14-36(15-13-21)22-7-4-19(5-8-22)29-24-10-6-20(16-28(24)33-34-29)26-18-31(26)25-17-23(38-3)9-11-27(25)32-30(31)37/h4-5,7-9,11,17,20-21,24,26,28-29,33-34H,6,10,12-16,18H2,1-3H3,(H,32,37)/t20?,24?,26?,28?,29?,31-/m0/s1. The van der Waals surface area contributed by atoms with E-state index in [0.29, 0.717) is 35.9 Å². The van der Waals surface area contributed by atoms with Crippen molar-refractivity contribution in [3.63, 3.8) is 0 Å². The van der Waals surface area contributed by atoms with Crippen LogP contribution in [-0.2, 0) is 10.2 Å². The van der Waals surface area contributed by atoms with Crippen LogP contribution in [0.5, 0.6) is 5.75 Å². The van der Waals surface area contributed by atoms with Crippen LogP contribution in [0, 0.1) is 17.8 Å². The van der Waals surface area contributed by atoms with Crippen LogP contribution in [0.4, 0.5) is 11.4 Å². The van der Waals surface area contributed by atoms with Crippen molar-refractivity contribution in [1.29, 1.82) is 0 Å². The molecule has 2 aromatic rings. The first-order chi connectivity index (χ1) is 18.5. The molecular weight excluding hydrogens is 474 g/mol. The fourth-order valence-electron chi connectivity index (χ4n) is 8.24. The van der Waals surface area contributed by atoms with E-state index in [1.165, 1.54) is 36.9 Å². The van der Waals surface area contributed by atoms with Crippen LogP contribution in [0.1, 0.15) is 55.7 Å². The molecule has 0 radical (unpaired) electrons. The molecule has 0 aromatic heterocycles. The van der Waals surface area contributed by atoms with Crippen LogP contribution < -0.4 is 25.8 Å². The summed E-state index contributed by atoms with van der Waals surface area (Å²) in [5.41, 5.74) is 11.8. The monoisotopic (exact) mass is 515 g/mol. The third kappa shape index (κ3) is 3.85. The Morgan fingerprint density at radius 3 is 2.53 bits per heavy atom. The first kappa shape index (κ1) is 24.4. The SMILES string of the molecule is COc1ccc2c(c1)[C@]1(CC1C1CCC3C(C1)NNC3c1ccc(N3CCC(N(C)C)CC3)cc1)C(=O)N2. The van der Waals surface area contributed by atoms with E-state index in [1.54, 1.807) is 7.11 Å². The van der Waals surface area contributed by atoms with E-state index >= 15 is 0 Å². The lowest BCUT2D eigenvalue weighted by Gasteiger charge is -2.36. The number of hydrogen-bond acceptors (Lipinski definition) is 6. The highest BCUT2D eigenvalue weighted by Gasteiger charge is 2.67. The second-order valence-corrected chi connectivity index (χ2v) is 12.5. The van der Waals surface area contributed by atoms with Crippen molar-refractivity contribution in [2.75, 3.05) is 44.5 Å². The first-order valence-electron chi connectivity index (χ1n) is 14.5. The number of nitrogens with zero attached hydrogens (tertiary/aromatic N) is 2. The summed E-state index contributed by atoms with van der Waals surface area (Å²) in [6.07, 6.45) is 6.95. The molecule has 3 aliphatic heterocycles. The van der Waals surface area contributed by atoms with Gasteiger partial charge < -0.3 is 19.9 Å². The maximum atomic E-state index is 13.1. The van der Waals surface area contributed by atoms with Gasteiger partial charge in [-0.3, -0.25) is 10.2 Å². The van der Waals surface area contributed by atoms with E-state index in [2.05, 4.69) is 70.4 Å². The van der Waals surface area contributed by atoms with Gasteiger partial charge in [-0.1, -0.05) is 12.1 Å². The maximum Gasteiger partial charge on any atom is 0.235 e. The van der Waals surface area contributed by atoms with Crippen LogP contribution >= 0.6 is 0 Å². The second kappa shape index (κ2) is 9.25. The lowest BCUT2D eigenvalue weighted by molar-refractivity contribution is -0.118. The van der Waals surface area contributed by atoms with Crippen LogP contribution in [0.25, 0.3) is 0 Å². The zero-order valence-corrected chi connectivity index (χ0v) is 22.9. The normalized spacial score (nSPS) is 34.4. The summed E-state index contributed by atoms with van der Waals surface area (Å²) in [5.74, 6) is 2.61. The molecule has 5 unspecified atom stereocenters. The predicted molar refractivity (Wildman–Crippen MR) is 150 cm³/mol. The number of methoxy groups -OCH3 is 1. The van der Waals surface area contributed by atoms with E-state index in [4.69, 9.17) is 4.74 Å². The fraction of sp³-hybridized carbons (Fsp3) is 0.581. The Morgan fingerprint density at radius 1 is 1.00 bits per heavy atom. The molecule has 2 saturated carbocycles. The second-order valence-electron chi connectivity index (χ2n) is 12.5. The Kier molecular flexibility index (Phi) is 5.95. The van der Waals surface area contributed by atoms with Gasteiger partial charge >= 0.3 is 0 Å². The van der Waals surface area contributed by atoms with Crippen LogP contribution in [0.3, 0.4) is 0 Å². The number of nitrogens with one attached hydrogen (secondary N) is 3. The Bertz CT molecular complexity index is 1210. The smallest absolute Gasteiger partial charge is 0.235 e. The number of rotatable bonds is 5. The lowest BCUT2D eigenvalue weighted by Crippen LogP contribution is -2.41. The van der Waals surface area contributed by atoms with E-state index in [1.807, 2.05) is 12.1 Å². The van der Waals surface area contributed by atoms with Gasteiger partial charge in [0.15, 0.2) is 0 Å².